The maximum Gasteiger partial charge on any atom is 0.412 e. The van der Waals surface area contributed by atoms with Crippen LogP contribution >= 0.6 is 0 Å². The van der Waals surface area contributed by atoms with Crippen molar-refractivity contribution in [1.29, 1.82) is 0 Å². The van der Waals surface area contributed by atoms with Crippen LogP contribution in [-0.2, 0) is 0 Å². The van der Waals surface area contributed by atoms with Crippen molar-refractivity contribution in [1.82, 2.24) is 9.97 Å². The first-order valence-corrected chi connectivity index (χ1v) is 9.25. The number of rotatable bonds is 9. The molecule has 0 spiro atoms. The van der Waals surface area contributed by atoms with Gasteiger partial charge in [-0.05, 0) is 30.5 Å². The minimum Gasteiger partial charge on any atom is -0.489 e. The zero-order valence-electron chi connectivity index (χ0n) is 17.0. The van der Waals surface area contributed by atoms with E-state index in [1.54, 1.807) is 0 Å². The van der Waals surface area contributed by atoms with Crippen LogP contribution in [0.3, 0.4) is 0 Å². The van der Waals surface area contributed by atoms with Crippen LogP contribution < -0.4 is 15.4 Å². The van der Waals surface area contributed by atoms with Gasteiger partial charge in [0, 0.05) is 18.8 Å². The second kappa shape index (κ2) is 9.75. The van der Waals surface area contributed by atoms with Crippen LogP contribution in [0, 0.1) is 5.92 Å². The average molecular weight is 426 g/mol. The average Bonchev–Trinajstić information content (AvgIpc) is 2.71. The van der Waals surface area contributed by atoms with E-state index in [0.29, 0.717) is 12.0 Å². The summed E-state index contributed by atoms with van der Waals surface area (Å²) in [7, 11) is 1.31. The Labute approximate surface area is 172 Å². The number of aromatic nitrogens is 2. The van der Waals surface area contributed by atoms with E-state index in [1.165, 1.54) is 25.4 Å². The van der Waals surface area contributed by atoms with Gasteiger partial charge in [-0.1, -0.05) is 13.8 Å². The first-order valence-electron chi connectivity index (χ1n) is 9.25. The fourth-order valence-corrected chi connectivity index (χ4v) is 2.95. The van der Waals surface area contributed by atoms with Gasteiger partial charge in [0.05, 0.1) is 23.0 Å². The van der Waals surface area contributed by atoms with Crippen molar-refractivity contribution in [3.8, 4) is 17.0 Å². The Morgan fingerprint density at radius 2 is 2.03 bits per heavy atom. The largest absolute Gasteiger partial charge is 0.489 e. The molecule has 3 N–H and O–H groups in total. The van der Waals surface area contributed by atoms with Gasteiger partial charge in [0.25, 0.3) is 6.43 Å². The molecule has 0 saturated heterocycles. The maximum atomic E-state index is 13.6. The molecule has 0 aliphatic rings. The first-order chi connectivity index (χ1) is 14.1. The SMILES string of the molecule is CC(C)C[C@](N)(CF)COc1cnc(-c2ccnc(N(C)C(=O)O)c2)cc1C(F)F. The van der Waals surface area contributed by atoms with E-state index >= 15 is 0 Å². The number of pyridine rings is 2. The summed E-state index contributed by atoms with van der Waals surface area (Å²) in [6.07, 6.45) is -1.27. The van der Waals surface area contributed by atoms with Crippen molar-refractivity contribution in [3.05, 3.63) is 36.2 Å². The summed E-state index contributed by atoms with van der Waals surface area (Å²) in [5, 5.41) is 9.07. The van der Waals surface area contributed by atoms with Gasteiger partial charge in [-0.2, -0.15) is 0 Å². The molecule has 1 atom stereocenters. The van der Waals surface area contributed by atoms with Crippen molar-refractivity contribution in [2.75, 3.05) is 25.2 Å². The highest BCUT2D eigenvalue weighted by Crippen LogP contribution is 2.33. The molecule has 0 aliphatic heterocycles. The smallest absolute Gasteiger partial charge is 0.412 e. The molecule has 0 aromatic carbocycles. The van der Waals surface area contributed by atoms with Gasteiger partial charge in [-0.25, -0.2) is 22.9 Å². The standard InChI is InChI=1S/C20H25F3N4O3/c1-12(2)8-20(24,10-21)11-30-16-9-26-15(7-14(16)18(22)23)13-4-5-25-17(6-13)27(3)19(28)29/h4-7,9,12,18H,8,10-11,24H2,1-3H3,(H,28,29)/t20-/m0/s1. The van der Waals surface area contributed by atoms with Gasteiger partial charge >= 0.3 is 6.09 Å². The third kappa shape index (κ3) is 5.82. The number of nitrogens with two attached hydrogens (primary N) is 1. The molecule has 10 heteroatoms. The van der Waals surface area contributed by atoms with Crippen LogP contribution in [0.1, 0.15) is 32.3 Å². The molecule has 0 unspecified atom stereocenters. The summed E-state index contributed by atoms with van der Waals surface area (Å²) in [6, 6.07) is 4.09. The number of carboxylic acid groups (broad SMARTS) is 1. The van der Waals surface area contributed by atoms with Crippen LogP contribution in [-0.4, -0.2) is 47.0 Å². The Balaban J connectivity index is 2.32. The zero-order valence-corrected chi connectivity index (χ0v) is 17.0. The van der Waals surface area contributed by atoms with E-state index in [9.17, 15) is 18.0 Å². The highest BCUT2D eigenvalue weighted by molar-refractivity contribution is 5.84. The molecule has 0 fully saturated rings. The van der Waals surface area contributed by atoms with Crippen LogP contribution in [0.5, 0.6) is 5.75 Å². The number of carbonyl (C=O) groups is 1. The number of nitrogens with zero attached hydrogens (tertiary/aromatic N) is 3. The van der Waals surface area contributed by atoms with Crippen LogP contribution in [0.2, 0.25) is 0 Å². The zero-order chi connectivity index (χ0) is 22.5. The summed E-state index contributed by atoms with van der Waals surface area (Å²) in [5.74, 6) is 0.0391. The number of alkyl halides is 3. The first kappa shape index (κ1) is 23.4. The minimum absolute atomic E-state index is 0.106. The predicted octanol–water partition coefficient (Wildman–Crippen LogP) is 4.29. The molecule has 1 amide bonds. The number of ether oxygens (including phenoxy) is 1. The van der Waals surface area contributed by atoms with Crippen molar-refractivity contribution >= 4 is 11.9 Å². The van der Waals surface area contributed by atoms with Gasteiger partial charge in [0.15, 0.2) is 0 Å². The molecule has 0 saturated carbocycles. The molecule has 7 nitrogen and oxygen atoms in total. The number of hydrogen-bond acceptors (Lipinski definition) is 5. The van der Waals surface area contributed by atoms with Gasteiger partial charge in [-0.3, -0.25) is 9.88 Å². The van der Waals surface area contributed by atoms with E-state index in [0.717, 1.165) is 17.2 Å². The Hall–Kier alpha value is -2.88. The summed E-state index contributed by atoms with van der Waals surface area (Å²) < 4.78 is 46.1. The molecule has 0 bridgehead atoms. The Kier molecular flexibility index (Phi) is 7.60. The van der Waals surface area contributed by atoms with E-state index in [2.05, 4.69) is 9.97 Å². The number of amides is 1. The second-order valence-electron chi connectivity index (χ2n) is 7.54. The third-order valence-electron chi connectivity index (χ3n) is 4.40. The van der Waals surface area contributed by atoms with Gasteiger partial charge in [0.2, 0.25) is 0 Å². The summed E-state index contributed by atoms with van der Waals surface area (Å²) in [4.78, 5) is 20.1. The fraction of sp³-hybridized carbons (Fsp3) is 0.450. The minimum atomic E-state index is -2.87. The number of hydrogen-bond donors (Lipinski definition) is 2. The second-order valence-corrected chi connectivity index (χ2v) is 7.54. The molecule has 2 heterocycles. The third-order valence-corrected chi connectivity index (χ3v) is 4.40. The quantitative estimate of drug-likeness (QED) is 0.620. The fourth-order valence-electron chi connectivity index (χ4n) is 2.95. The normalized spacial score (nSPS) is 13.4. The maximum absolute atomic E-state index is 13.6. The summed E-state index contributed by atoms with van der Waals surface area (Å²) in [6.45, 7) is 2.63. The lowest BCUT2D eigenvalue weighted by Crippen LogP contribution is -2.49. The van der Waals surface area contributed by atoms with E-state index in [4.69, 9.17) is 15.6 Å². The van der Waals surface area contributed by atoms with Crippen LogP contribution in [0.15, 0.2) is 30.6 Å². The van der Waals surface area contributed by atoms with Gasteiger partial charge in [0.1, 0.15) is 24.8 Å². The molecular weight excluding hydrogens is 401 g/mol. The molecule has 30 heavy (non-hydrogen) atoms. The van der Waals surface area contributed by atoms with Crippen LogP contribution in [0.4, 0.5) is 23.8 Å². The lowest BCUT2D eigenvalue weighted by Gasteiger charge is -2.28. The summed E-state index contributed by atoms with van der Waals surface area (Å²) in [5.41, 5.74) is 4.88. The monoisotopic (exact) mass is 426 g/mol. The molecule has 0 radical (unpaired) electrons. The van der Waals surface area contributed by atoms with Gasteiger partial charge in [-0.15, -0.1) is 0 Å². The Bertz CT molecular complexity index is 882. The van der Waals surface area contributed by atoms with E-state index < -0.39 is 30.3 Å². The lowest BCUT2D eigenvalue weighted by molar-refractivity contribution is 0.131. The van der Waals surface area contributed by atoms with Crippen molar-refractivity contribution in [2.45, 2.75) is 32.2 Å². The Morgan fingerprint density at radius 1 is 1.33 bits per heavy atom. The molecule has 2 rings (SSSR count). The highest BCUT2D eigenvalue weighted by atomic mass is 19.3. The molecular formula is C20H25F3N4O3. The topological polar surface area (TPSA) is 102 Å². The van der Waals surface area contributed by atoms with E-state index in [-0.39, 0.29) is 29.8 Å². The van der Waals surface area contributed by atoms with E-state index in [1.807, 2.05) is 13.8 Å². The van der Waals surface area contributed by atoms with Gasteiger partial charge < -0.3 is 15.6 Å². The summed E-state index contributed by atoms with van der Waals surface area (Å²) >= 11 is 0. The van der Waals surface area contributed by atoms with Crippen LogP contribution in [0.25, 0.3) is 11.3 Å². The van der Waals surface area contributed by atoms with Crippen molar-refractivity contribution in [2.24, 2.45) is 11.7 Å². The number of anilines is 1. The highest BCUT2D eigenvalue weighted by Gasteiger charge is 2.28. The Morgan fingerprint density at radius 3 is 2.60 bits per heavy atom. The lowest BCUT2D eigenvalue weighted by atomic mass is 9.92. The molecule has 164 valence electrons. The molecule has 0 aliphatic carbocycles. The van der Waals surface area contributed by atoms with Crippen molar-refractivity contribution < 1.29 is 27.8 Å². The van der Waals surface area contributed by atoms with Crippen molar-refractivity contribution in [3.63, 3.8) is 0 Å². The predicted molar refractivity (Wildman–Crippen MR) is 107 cm³/mol. The number of halogens is 3. The molecule has 2 aromatic rings. The molecule has 2 aromatic heterocycles.